The summed E-state index contributed by atoms with van der Waals surface area (Å²) in [5, 5.41) is 0. The number of rotatable bonds is 7. The van der Waals surface area contributed by atoms with Gasteiger partial charge in [-0.3, -0.25) is 4.79 Å². The molecule has 0 aliphatic carbocycles. The molecule has 1 aromatic rings. The number of carbonyl (C=O) groups excluding carboxylic acids is 1. The standard InChI is InChI=1S/C17H28N2O4S2/c1-13(2)12-23-10-5-17(20)18-6-8-19(9-7-18)25(21,22)16-11-14(3)24-15(16)4/h11,13H,5-10,12H2,1-4H3. The predicted octanol–water partition coefficient (Wildman–Crippen LogP) is 2.26. The first kappa shape index (κ1) is 20.4. The van der Waals surface area contributed by atoms with Crippen LogP contribution >= 0.6 is 11.3 Å². The maximum Gasteiger partial charge on any atom is 0.244 e. The molecule has 25 heavy (non-hydrogen) atoms. The Morgan fingerprint density at radius 1 is 1.24 bits per heavy atom. The zero-order chi connectivity index (χ0) is 18.6. The number of aryl methyl sites for hydroxylation is 2. The Bertz CT molecular complexity index is 690. The van der Waals surface area contributed by atoms with Gasteiger partial charge in [-0.25, -0.2) is 8.42 Å². The van der Waals surface area contributed by atoms with Crippen LogP contribution in [0.3, 0.4) is 0 Å². The number of sulfonamides is 1. The van der Waals surface area contributed by atoms with Crippen LogP contribution in [0.2, 0.25) is 0 Å². The number of ether oxygens (including phenoxy) is 1. The van der Waals surface area contributed by atoms with E-state index in [-0.39, 0.29) is 5.91 Å². The fourth-order valence-corrected chi connectivity index (χ4v) is 5.76. The summed E-state index contributed by atoms with van der Waals surface area (Å²) in [6.07, 6.45) is 0.350. The maximum atomic E-state index is 12.8. The molecule has 6 nitrogen and oxygen atoms in total. The van der Waals surface area contributed by atoms with Crippen molar-refractivity contribution < 1.29 is 17.9 Å². The summed E-state index contributed by atoms with van der Waals surface area (Å²) in [6, 6.07) is 1.74. The van der Waals surface area contributed by atoms with Crippen LogP contribution in [0.5, 0.6) is 0 Å². The first-order chi connectivity index (χ1) is 11.7. The average molecular weight is 389 g/mol. The smallest absolute Gasteiger partial charge is 0.244 e. The second kappa shape index (κ2) is 8.62. The first-order valence-electron chi connectivity index (χ1n) is 8.64. The van der Waals surface area contributed by atoms with Crippen molar-refractivity contribution in [1.82, 2.24) is 9.21 Å². The van der Waals surface area contributed by atoms with E-state index >= 15 is 0 Å². The summed E-state index contributed by atoms with van der Waals surface area (Å²) in [5.74, 6) is 0.483. The van der Waals surface area contributed by atoms with Crippen molar-refractivity contribution in [2.75, 3.05) is 39.4 Å². The third kappa shape index (κ3) is 5.26. The van der Waals surface area contributed by atoms with Gasteiger partial charge in [-0.05, 0) is 25.8 Å². The van der Waals surface area contributed by atoms with Crippen LogP contribution < -0.4 is 0 Å². The van der Waals surface area contributed by atoms with E-state index < -0.39 is 10.0 Å². The highest BCUT2D eigenvalue weighted by molar-refractivity contribution is 7.89. The van der Waals surface area contributed by atoms with Crippen LogP contribution in [0.25, 0.3) is 0 Å². The van der Waals surface area contributed by atoms with Gasteiger partial charge in [0.2, 0.25) is 15.9 Å². The highest BCUT2D eigenvalue weighted by Crippen LogP contribution is 2.28. The van der Waals surface area contributed by atoms with E-state index in [1.54, 1.807) is 11.0 Å². The van der Waals surface area contributed by atoms with Crippen LogP contribution in [0.1, 0.15) is 30.0 Å². The molecule has 0 bridgehead atoms. The Hall–Kier alpha value is -0.960. The zero-order valence-electron chi connectivity index (χ0n) is 15.4. The van der Waals surface area contributed by atoms with Crippen molar-refractivity contribution in [3.05, 3.63) is 15.8 Å². The van der Waals surface area contributed by atoms with Crippen molar-refractivity contribution in [3.8, 4) is 0 Å². The van der Waals surface area contributed by atoms with E-state index in [1.807, 2.05) is 13.8 Å². The molecule has 2 rings (SSSR count). The van der Waals surface area contributed by atoms with Crippen LogP contribution in [-0.4, -0.2) is 62.9 Å². The SMILES string of the molecule is Cc1cc(S(=O)(=O)N2CCN(C(=O)CCOCC(C)C)CC2)c(C)s1. The molecule has 1 aliphatic heterocycles. The molecular formula is C17H28N2O4S2. The van der Waals surface area contributed by atoms with E-state index in [1.165, 1.54) is 15.6 Å². The minimum atomic E-state index is -3.47. The van der Waals surface area contributed by atoms with Gasteiger partial charge in [0.1, 0.15) is 0 Å². The summed E-state index contributed by atoms with van der Waals surface area (Å²) in [7, 11) is -3.47. The van der Waals surface area contributed by atoms with E-state index in [4.69, 9.17) is 4.74 Å². The summed E-state index contributed by atoms with van der Waals surface area (Å²) in [6.45, 7) is 10.5. The lowest BCUT2D eigenvalue weighted by Gasteiger charge is -2.34. The summed E-state index contributed by atoms with van der Waals surface area (Å²) in [4.78, 5) is 16.1. The number of thiophene rings is 1. The lowest BCUT2D eigenvalue weighted by molar-refractivity contribution is -0.133. The minimum Gasteiger partial charge on any atom is -0.381 e. The summed E-state index contributed by atoms with van der Waals surface area (Å²) < 4.78 is 32.5. The fraction of sp³-hybridized carbons (Fsp3) is 0.706. The van der Waals surface area contributed by atoms with Gasteiger partial charge in [0.05, 0.1) is 17.9 Å². The van der Waals surface area contributed by atoms with Crippen molar-refractivity contribution in [2.24, 2.45) is 5.92 Å². The number of hydrogen-bond acceptors (Lipinski definition) is 5. The number of piperazine rings is 1. The molecule has 1 fully saturated rings. The maximum absolute atomic E-state index is 12.8. The van der Waals surface area contributed by atoms with Crippen molar-refractivity contribution in [3.63, 3.8) is 0 Å². The Morgan fingerprint density at radius 3 is 2.40 bits per heavy atom. The second-order valence-electron chi connectivity index (χ2n) is 6.78. The lowest BCUT2D eigenvalue weighted by atomic mass is 10.2. The van der Waals surface area contributed by atoms with Crippen LogP contribution in [0.15, 0.2) is 11.0 Å². The number of hydrogen-bond donors (Lipinski definition) is 0. The van der Waals surface area contributed by atoms with Crippen molar-refractivity contribution in [2.45, 2.75) is 39.0 Å². The molecule has 2 heterocycles. The molecule has 0 unspecified atom stereocenters. The number of nitrogens with zero attached hydrogens (tertiary/aromatic N) is 2. The van der Waals surface area contributed by atoms with Gasteiger partial charge in [-0.15, -0.1) is 11.3 Å². The van der Waals surface area contributed by atoms with Gasteiger partial charge in [0.15, 0.2) is 0 Å². The van der Waals surface area contributed by atoms with Crippen molar-refractivity contribution >= 4 is 27.3 Å². The molecule has 0 N–H and O–H groups in total. The van der Waals surface area contributed by atoms with Gasteiger partial charge in [0.25, 0.3) is 0 Å². The summed E-state index contributed by atoms with van der Waals surface area (Å²) >= 11 is 1.49. The van der Waals surface area contributed by atoms with Gasteiger partial charge in [-0.1, -0.05) is 13.8 Å². The number of amides is 1. The third-order valence-electron chi connectivity index (χ3n) is 4.12. The Kier molecular flexibility index (Phi) is 7.01. The normalized spacial score (nSPS) is 16.6. The molecule has 0 spiro atoms. The van der Waals surface area contributed by atoms with Gasteiger partial charge in [0, 0.05) is 42.5 Å². The molecule has 1 amide bonds. The molecule has 142 valence electrons. The van der Waals surface area contributed by atoms with Crippen LogP contribution in [0, 0.1) is 19.8 Å². The highest BCUT2D eigenvalue weighted by Gasteiger charge is 2.31. The largest absolute Gasteiger partial charge is 0.381 e. The molecule has 1 aromatic heterocycles. The predicted molar refractivity (Wildman–Crippen MR) is 99.4 cm³/mol. The second-order valence-corrected chi connectivity index (χ2v) is 10.1. The minimum absolute atomic E-state index is 0.0309. The Morgan fingerprint density at radius 2 is 1.88 bits per heavy atom. The van der Waals surface area contributed by atoms with Crippen molar-refractivity contribution in [1.29, 1.82) is 0 Å². The van der Waals surface area contributed by atoms with Crippen LogP contribution in [-0.2, 0) is 19.6 Å². The molecule has 0 aromatic carbocycles. The van der Waals surface area contributed by atoms with Crippen LogP contribution in [0.4, 0.5) is 0 Å². The Labute approximate surface area is 154 Å². The molecular weight excluding hydrogens is 360 g/mol. The molecule has 1 saturated heterocycles. The fourth-order valence-electron chi connectivity index (χ4n) is 2.82. The molecule has 1 aliphatic rings. The van der Waals surface area contributed by atoms with E-state index in [2.05, 4.69) is 13.8 Å². The van der Waals surface area contributed by atoms with E-state index in [0.29, 0.717) is 56.6 Å². The quantitative estimate of drug-likeness (QED) is 0.672. The van der Waals surface area contributed by atoms with E-state index in [9.17, 15) is 13.2 Å². The van der Waals surface area contributed by atoms with E-state index in [0.717, 1.165) is 9.75 Å². The average Bonchev–Trinajstić information content (AvgIpc) is 2.90. The van der Waals surface area contributed by atoms with Gasteiger partial charge in [-0.2, -0.15) is 4.31 Å². The zero-order valence-corrected chi connectivity index (χ0v) is 17.1. The lowest BCUT2D eigenvalue weighted by Crippen LogP contribution is -2.50. The van der Waals surface area contributed by atoms with Gasteiger partial charge >= 0.3 is 0 Å². The third-order valence-corrected chi connectivity index (χ3v) is 7.24. The first-order valence-corrected chi connectivity index (χ1v) is 10.9. The molecule has 8 heteroatoms. The highest BCUT2D eigenvalue weighted by atomic mass is 32.2. The molecule has 0 saturated carbocycles. The Balaban J connectivity index is 1.86. The molecule has 0 radical (unpaired) electrons. The van der Waals surface area contributed by atoms with Gasteiger partial charge < -0.3 is 9.64 Å². The number of carbonyl (C=O) groups is 1. The topological polar surface area (TPSA) is 66.9 Å². The molecule has 0 atom stereocenters. The monoisotopic (exact) mass is 388 g/mol. The summed E-state index contributed by atoms with van der Waals surface area (Å²) in [5.41, 5.74) is 0.